The zero-order valence-electron chi connectivity index (χ0n) is 17.1. The standard InChI is InChI=1S/C25H23FN2O2/c1-16(29)24-23(18-6-10-19(26)11-7-18)21-5-3-4-14-27-22(15-28(24)25(21)27)17-8-12-20(30-2)13-9-17/h6-13,15H,3-5,14H2,1-2H3. The van der Waals surface area contributed by atoms with Crippen molar-refractivity contribution in [1.82, 2.24) is 8.97 Å². The van der Waals surface area contributed by atoms with E-state index in [-0.39, 0.29) is 11.6 Å². The third kappa shape index (κ3) is 2.84. The molecule has 0 fully saturated rings. The van der Waals surface area contributed by atoms with Crippen LogP contribution >= 0.6 is 0 Å². The number of hydrogen-bond donors (Lipinski definition) is 0. The maximum absolute atomic E-state index is 13.5. The Bertz CT molecular complexity index is 1250. The lowest BCUT2D eigenvalue weighted by molar-refractivity contribution is 0.101. The van der Waals surface area contributed by atoms with Crippen LogP contribution in [0.1, 0.15) is 35.8 Å². The van der Waals surface area contributed by atoms with Gasteiger partial charge in [0.1, 0.15) is 17.2 Å². The Balaban J connectivity index is 1.80. The van der Waals surface area contributed by atoms with Gasteiger partial charge in [-0.3, -0.25) is 9.20 Å². The number of ketones is 1. The predicted molar refractivity (Wildman–Crippen MR) is 116 cm³/mol. The largest absolute Gasteiger partial charge is 0.497 e. The molecule has 0 bridgehead atoms. The summed E-state index contributed by atoms with van der Waals surface area (Å²) in [6, 6.07) is 14.5. The van der Waals surface area contributed by atoms with Crippen LogP contribution in [0, 0.1) is 5.82 Å². The van der Waals surface area contributed by atoms with Gasteiger partial charge in [-0.25, -0.2) is 4.39 Å². The van der Waals surface area contributed by atoms with Gasteiger partial charge in [-0.05, 0) is 66.8 Å². The fourth-order valence-electron chi connectivity index (χ4n) is 4.65. The van der Waals surface area contributed by atoms with Gasteiger partial charge in [0, 0.05) is 30.8 Å². The van der Waals surface area contributed by atoms with Crippen LogP contribution in [-0.4, -0.2) is 21.9 Å². The van der Waals surface area contributed by atoms with E-state index in [1.54, 1.807) is 26.2 Å². The molecular formula is C25H23FN2O2. The van der Waals surface area contributed by atoms with E-state index in [0.717, 1.165) is 59.6 Å². The van der Waals surface area contributed by atoms with Crippen molar-refractivity contribution in [1.29, 1.82) is 0 Å². The van der Waals surface area contributed by atoms with E-state index < -0.39 is 0 Å². The smallest absolute Gasteiger partial charge is 0.177 e. The minimum absolute atomic E-state index is 0.00887. The first-order valence-corrected chi connectivity index (χ1v) is 10.3. The van der Waals surface area contributed by atoms with Crippen molar-refractivity contribution in [3.8, 4) is 28.1 Å². The fraction of sp³-hybridized carbons (Fsp3) is 0.240. The highest BCUT2D eigenvalue weighted by molar-refractivity contribution is 6.03. The molecule has 3 heterocycles. The predicted octanol–water partition coefficient (Wildman–Crippen LogP) is 5.76. The second kappa shape index (κ2) is 7.17. The molecule has 0 amide bonds. The molecule has 2 aromatic carbocycles. The minimum atomic E-state index is -0.274. The van der Waals surface area contributed by atoms with Gasteiger partial charge in [0.05, 0.1) is 18.5 Å². The Morgan fingerprint density at radius 3 is 2.37 bits per heavy atom. The average Bonchev–Trinajstić information content (AvgIpc) is 3.17. The van der Waals surface area contributed by atoms with Gasteiger partial charge in [-0.2, -0.15) is 0 Å². The van der Waals surface area contributed by atoms with E-state index in [1.807, 2.05) is 16.5 Å². The molecule has 0 N–H and O–H groups in total. The average molecular weight is 402 g/mol. The fourth-order valence-corrected chi connectivity index (χ4v) is 4.65. The first-order valence-electron chi connectivity index (χ1n) is 10.3. The zero-order chi connectivity index (χ0) is 20.8. The van der Waals surface area contributed by atoms with Crippen LogP contribution in [0.15, 0.2) is 54.7 Å². The SMILES string of the molecule is COc1ccc(-c2cn3c(C(C)=O)c(-c4ccc(F)cc4)c4c3n2CCCC4)cc1. The van der Waals surface area contributed by atoms with Crippen LogP contribution < -0.4 is 4.74 Å². The molecule has 0 saturated heterocycles. The molecule has 4 aromatic rings. The van der Waals surface area contributed by atoms with Crippen LogP contribution in [0.25, 0.3) is 28.0 Å². The number of ether oxygens (including phenoxy) is 1. The molecule has 0 atom stereocenters. The highest BCUT2D eigenvalue weighted by atomic mass is 19.1. The maximum atomic E-state index is 13.5. The van der Waals surface area contributed by atoms with E-state index in [1.165, 1.54) is 17.7 Å². The summed E-state index contributed by atoms with van der Waals surface area (Å²) in [5.41, 5.74) is 6.91. The maximum Gasteiger partial charge on any atom is 0.177 e. The lowest BCUT2D eigenvalue weighted by Gasteiger charge is -2.09. The first-order chi connectivity index (χ1) is 14.6. The van der Waals surface area contributed by atoms with Gasteiger partial charge in [-0.15, -0.1) is 0 Å². The van der Waals surface area contributed by atoms with Crippen molar-refractivity contribution in [3.63, 3.8) is 0 Å². The number of halogens is 1. The van der Waals surface area contributed by atoms with E-state index in [2.05, 4.69) is 22.9 Å². The highest BCUT2D eigenvalue weighted by Gasteiger charge is 2.28. The molecule has 5 heteroatoms. The number of carbonyl (C=O) groups excluding carboxylic acids is 1. The molecule has 30 heavy (non-hydrogen) atoms. The molecule has 1 aliphatic rings. The Kier molecular flexibility index (Phi) is 4.46. The van der Waals surface area contributed by atoms with Crippen molar-refractivity contribution in [2.75, 3.05) is 7.11 Å². The van der Waals surface area contributed by atoms with E-state index in [0.29, 0.717) is 5.69 Å². The second-order valence-corrected chi connectivity index (χ2v) is 7.81. The molecule has 0 aliphatic carbocycles. The normalized spacial score (nSPS) is 13.4. The molecule has 4 nitrogen and oxygen atoms in total. The minimum Gasteiger partial charge on any atom is -0.497 e. The Hall–Kier alpha value is -3.34. The van der Waals surface area contributed by atoms with Crippen molar-refractivity contribution >= 4 is 11.4 Å². The number of benzene rings is 2. The first kappa shape index (κ1) is 18.7. The molecule has 1 aliphatic heterocycles. The van der Waals surface area contributed by atoms with Crippen molar-refractivity contribution in [2.24, 2.45) is 0 Å². The number of hydrogen-bond acceptors (Lipinski definition) is 2. The number of imidazole rings is 1. The molecule has 0 spiro atoms. The van der Waals surface area contributed by atoms with Gasteiger partial charge < -0.3 is 9.30 Å². The number of nitrogens with zero attached hydrogens (tertiary/aromatic N) is 2. The molecule has 0 unspecified atom stereocenters. The van der Waals surface area contributed by atoms with Gasteiger partial charge in [0.2, 0.25) is 0 Å². The summed E-state index contributed by atoms with van der Waals surface area (Å²) in [6.07, 6.45) is 5.08. The lowest BCUT2D eigenvalue weighted by atomic mass is 9.97. The topological polar surface area (TPSA) is 35.6 Å². The third-order valence-corrected chi connectivity index (χ3v) is 5.99. The van der Waals surface area contributed by atoms with Crippen LogP contribution in [-0.2, 0) is 13.0 Å². The van der Waals surface area contributed by atoms with Gasteiger partial charge in [0.15, 0.2) is 5.78 Å². The summed E-state index contributed by atoms with van der Waals surface area (Å²) < 4.78 is 23.2. The number of Topliss-reactive ketones (excluding diaryl/α,β-unsaturated/α-hetero) is 1. The monoisotopic (exact) mass is 402 g/mol. The molecule has 5 rings (SSSR count). The number of aromatic nitrogens is 2. The number of methoxy groups -OCH3 is 1. The number of carbonyl (C=O) groups is 1. The van der Waals surface area contributed by atoms with E-state index >= 15 is 0 Å². The summed E-state index contributed by atoms with van der Waals surface area (Å²) >= 11 is 0. The molecule has 0 radical (unpaired) electrons. The molecule has 152 valence electrons. The number of aryl methyl sites for hydroxylation is 2. The summed E-state index contributed by atoms with van der Waals surface area (Å²) in [5, 5.41) is 0. The second-order valence-electron chi connectivity index (χ2n) is 7.81. The Morgan fingerprint density at radius 1 is 1.00 bits per heavy atom. The van der Waals surface area contributed by atoms with Gasteiger partial charge in [0.25, 0.3) is 0 Å². The van der Waals surface area contributed by atoms with Crippen LogP contribution in [0.2, 0.25) is 0 Å². The van der Waals surface area contributed by atoms with Gasteiger partial charge >= 0.3 is 0 Å². The van der Waals surface area contributed by atoms with Crippen LogP contribution in [0.4, 0.5) is 4.39 Å². The summed E-state index contributed by atoms with van der Waals surface area (Å²) in [5.74, 6) is 0.551. The van der Waals surface area contributed by atoms with Crippen molar-refractivity contribution < 1.29 is 13.9 Å². The summed E-state index contributed by atoms with van der Waals surface area (Å²) in [4.78, 5) is 12.8. The molecular weight excluding hydrogens is 379 g/mol. The van der Waals surface area contributed by atoms with Gasteiger partial charge in [-0.1, -0.05) is 12.1 Å². The van der Waals surface area contributed by atoms with Crippen LogP contribution in [0.3, 0.4) is 0 Å². The van der Waals surface area contributed by atoms with Crippen molar-refractivity contribution in [2.45, 2.75) is 32.7 Å². The quantitative estimate of drug-likeness (QED) is 0.407. The van der Waals surface area contributed by atoms with E-state index in [4.69, 9.17) is 4.74 Å². The summed E-state index contributed by atoms with van der Waals surface area (Å²) in [7, 11) is 1.66. The number of rotatable bonds is 4. The van der Waals surface area contributed by atoms with Crippen LogP contribution in [0.5, 0.6) is 5.75 Å². The van der Waals surface area contributed by atoms with E-state index in [9.17, 15) is 9.18 Å². The Morgan fingerprint density at radius 2 is 1.70 bits per heavy atom. The molecule has 2 aromatic heterocycles. The molecule has 0 saturated carbocycles. The third-order valence-electron chi connectivity index (χ3n) is 5.99. The zero-order valence-corrected chi connectivity index (χ0v) is 17.1. The Labute approximate surface area is 174 Å². The highest BCUT2D eigenvalue weighted by Crippen LogP contribution is 2.39. The van der Waals surface area contributed by atoms with Crippen molar-refractivity contribution in [3.05, 3.63) is 71.8 Å². The summed E-state index contributed by atoms with van der Waals surface area (Å²) in [6.45, 7) is 2.50. The lowest BCUT2D eigenvalue weighted by Crippen LogP contribution is -2.00.